The molecule has 0 unspecified atom stereocenters. The summed E-state index contributed by atoms with van der Waals surface area (Å²) in [4.78, 5) is 6.54. The van der Waals surface area contributed by atoms with Gasteiger partial charge in [-0.2, -0.15) is 0 Å². The number of anilines is 2. The quantitative estimate of drug-likeness (QED) is 0.894. The summed E-state index contributed by atoms with van der Waals surface area (Å²) in [5.74, 6) is 0. The van der Waals surface area contributed by atoms with Crippen LogP contribution in [-0.4, -0.2) is 47.4 Å². The number of aromatic nitrogens is 3. The van der Waals surface area contributed by atoms with Gasteiger partial charge < -0.3 is 15.5 Å². The third kappa shape index (κ3) is 2.84. The van der Waals surface area contributed by atoms with Gasteiger partial charge in [-0.15, -0.1) is 10.2 Å². The summed E-state index contributed by atoms with van der Waals surface area (Å²) in [6, 6.07) is 2.64. The summed E-state index contributed by atoms with van der Waals surface area (Å²) < 4.78 is 0. The molecule has 2 N–H and O–H groups in total. The molecule has 0 aromatic carbocycles. The molecule has 0 spiro atoms. The van der Waals surface area contributed by atoms with E-state index in [2.05, 4.69) is 30.7 Å². The number of nitrogens with one attached hydrogen (secondary N) is 2. The molecule has 1 saturated heterocycles. The topological polar surface area (TPSA) is 66.0 Å². The molecular weight excluding hydrogens is 284 g/mol. The van der Waals surface area contributed by atoms with Crippen molar-refractivity contribution in [1.82, 2.24) is 20.5 Å². The molecule has 2 aromatic rings. The molecule has 2 aliphatic rings. The third-order valence-corrected chi connectivity index (χ3v) is 4.81. The summed E-state index contributed by atoms with van der Waals surface area (Å²) >= 11 is 1.65. The lowest BCUT2D eigenvalue weighted by molar-refractivity contribution is 0.587. The Morgan fingerprint density at radius 1 is 1.24 bits per heavy atom. The monoisotopic (exact) mass is 302 g/mol. The smallest absolute Gasteiger partial charge is 0.208 e. The van der Waals surface area contributed by atoms with Gasteiger partial charge in [-0.1, -0.05) is 11.3 Å². The second kappa shape index (κ2) is 5.57. The van der Waals surface area contributed by atoms with E-state index in [4.69, 9.17) is 0 Å². The Morgan fingerprint density at radius 3 is 2.90 bits per heavy atom. The lowest BCUT2D eigenvalue weighted by Gasteiger charge is -2.26. The summed E-state index contributed by atoms with van der Waals surface area (Å²) in [5, 5.41) is 17.6. The number of piperazine rings is 1. The molecule has 7 heteroatoms. The molecule has 0 bridgehead atoms. The van der Waals surface area contributed by atoms with Crippen LogP contribution in [0.3, 0.4) is 0 Å². The van der Waals surface area contributed by atoms with Crippen LogP contribution in [0.4, 0.5) is 10.8 Å². The highest BCUT2D eigenvalue weighted by molar-refractivity contribution is 7.18. The van der Waals surface area contributed by atoms with Gasteiger partial charge in [0, 0.05) is 50.3 Å². The molecule has 2 aromatic heterocycles. The predicted molar refractivity (Wildman–Crippen MR) is 84.9 cm³/mol. The summed E-state index contributed by atoms with van der Waals surface area (Å²) in [6.45, 7) is 4.01. The highest BCUT2D eigenvalue weighted by Gasteiger charge is 2.23. The molecule has 1 aliphatic carbocycles. The summed E-state index contributed by atoms with van der Waals surface area (Å²) in [5.41, 5.74) is 2.18. The van der Waals surface area contributed by atoms with Crippen LogP contribution in [0.1, 0.15) is 12.8 Å². The van der Waals surface area contributed by atoms with Crippen LogP contribution in [0, 0.1) is 0 Å². The third-order valence-electron chi connectivity index (χ3n) is 3.79. The van der Waals surface area contributed by atoms with Gasteiger partial charge in [-0.3, -0.25) is 4.98 Å². The van der Waals surface area contributed by atoms with Crippen LogP contribution in [-0.2, 0) is 0 Å². The first kappa shape index (κ1) is 13.0. The predicted octanol–water partition coefficient (Wildman–Crippen LogP) is 1.58. The number of hydrogen-bond acceptors (Lipinski definition) is 7. The van der Waals surface area contributed by atoms with Gasteiger partial charge in [0.25, 0.3) is 0 Å². The van der Waals surface area contributed by atoms with E-state index >= 15 is 0 Å². The van der Waals surface area contributed by atoms with Gasteiger partial charge in [0.1, 0.15) is 0 Å². The van der Waals surface area contributed by atoms with E-state index in [-0.39, 0.29) is 0 Å². The molecule has 2 fully saturated rings. The molecule has 4 rings (SSSR count). The fourth-order valence-corrected chi connectivity index (χ4v) is 3.37. The number of hydrogen-bond donors (Lipinski definition) is 2. The van der Waals surface area contributed by atoms with Crippen molar-refractivity contribution in [3.8, 4) is 10.6 Å². The maximum atomic E-state index is 4.38. The Labute approximate surface area is 127 Å². The van der Waals surface area contributed by atoms with E-state index < -0.39 is 0 Å². The van der Waals surface area contributed by atoms with Gasteiger partial charge in [0.2, 0.25) is 5.13 Å². The van der Waals surface area contributed by atoms with Crippen molar-refractivity contribution in [2.75, 3.05) is 36.4 Å². The van der Waals surface area contributed by atoms with Crippen LogP contribution in [0.5, 0.6) is 0 Å². The zero-order chi connectivity index (χ0) is 14.1. The van der Waals surface area contributed by atoms with E-state index in [0.29, 0.717) is 6.04 Å². The van der Waals surface area contributed by atoms with Crippen molar-refractivity contribution in [3.05, 3.63) is 18.5 Å². The van der Waals surface area contributed by atoms with E-state index in [9.17, 15) is 0 Å². The highest BCUT2D eigenvalue weighted by Crippen LogP contribution is 2.35. The molecule has 0 amide bonds. The molecule has 1 saturated carbocycles. The minimum Gasteiger partial charge on any atom is -0.382 e. The molecule has 6 nitrogen and oxygen atoms in total. The Morgan fingerprint density at radius 2 is 2.10 bits per heavy atom. The first-order chi connectivity index (χ1) is 10.4. The lowest BCUT2D eigenvalue weighted by Crippen LogP contribution is -2.43. The second-order valence-electron chi connectivity index (χ2n) is 5.47. The first-order valence-corrected chi connectivity index (χ1v) is 8.22. The Hall–Kier alpha value is -1.73. The molecule has 21 heavy (non-hydrogen) atoms. The molecule has 3 heterocycles. The standard InChI is InChI=1S/C14H18N6S/c1-2-10(1)17-12-3-4-16-9-11(12)13-18-19-14(21-13)20-7-5-15-6-8-20/h3-4,9-10,15H,1-2,5-8H2,(H,16,17). The normalized spacial score (nSPS) is 18.8. The molecule has 110 valence electrons. The first-order valence-electron chi connectivity index (χ1n) is 7.40. The zero-order valence-electron chi connectivity index (χ0n) is 11.7. The second-order valence-corrected chi connectivity index (χ2v) is 6.42. The average molecular weight is 302 g/mol. The van der Waals surface area contributed by atoms with Gasteiger partial charge in [0.15, 0.2) is 5.01 Å². The van der Waals surface area contributed by atoms with Gasteiger partial charge >= 0.3 is 0 Å². The minimum atomic E-state index is 0.617. The molecule has 0 radical (unpaired) electrons. The van der Waals surface area contributed by atoms with Crippen molar-refractivity contribution in [3.63, 3.8) is 0 Å². The van der Waals surface area contributed by atoms with Gasteiger partial charge in [-0.25, -0.2) is 0 Å². The van der Waals surface area contributed by atoms with E-state index in [1.165, 1.54) is 12.8 Å². The van der Waals surface area contributed by atoms with Crippen molar-refractivity contribution < 1.29 is 0 Å². The average Bonchev–Trinajstić information content (AvgIpc) is 3.22. The number of nitrogens with zero attached hydrogens (tertiary/aromatic N) is 4. The largest absolute Gasteiger partial charge is 0.382 e. The van der Waals surface area contributed by atoms with Gasteiger partial charge in [-0.05, 0) is 18.9 Å². The van der Waals surface area contributed by atoms with Crippen molar-refractivity contribution in [1.29, 1.82) is 0 Å². The highest BCUT2D eigenvalue weighted by atomic mass is 32.1. The van der Waals surface area contributed by atoms with E-state index in [0.717, 1.165) is 47.6 Å². The maximum Gasteiger partial charge on any atom is 0.208 e. The van der Waals surface area contributed by atoms with Crippen LogP contribution in [0.25, 0.3) is 10.6 Å². The Balaban J connectivity index is 1.59. The number of pyridine rings is 1. The maximum absolute atomic E-state index is 4.38. The van der Waals surface area contributed by atoms with Crippen LogP contribution >= 0.6 is 11.3 Å². The fourth-order valence-electron chi connectivity index (χ4n) is 2.45. The molecular formula is C14H18N6S. The van der Waals surface area contributed by atoms with E-state index in [1.807, 2.05) is 18.5 Å². The summed E-state index contributed by atoms with van der Waals surface area (Å²) in [6.07, 6.45) is 6.22. The SMILES string of the molecule is c1cc(NC2CC2)c(-c2nnc(N3CCNCC3)s2)cn1. The van der Waals surface area contributed by atoms with E-state index in [1.54, 1.807) is 11.3 Å². The summed E-state index contributed by atoms with van der Waals surface area (Å²) in [7, 11) is 0. The lowest BCUT2D eigenvalue weighted by atomic mass is 10.2. The van der Waals surface area contributed by atoms with Crippen LogP contribution in [0.2, 0.25) is 0 Å². The van der Waals surface area contributed by atoms with Crippen LogP contribution < -0.4 is 15.5 Å². The minimum absolute atomic E-state index is 0.617. The van der Waals surface area contributed by atoms with Crippen molar-refractivity contribution in [2.24, 2.45) is 0 Å². The molecule has 1 aliphatic heterocycles. The fraction of sp³-hybridized carbons (Fsp3) is 0.500. The van der Waals surface area contributed by atoms with Crippen LogP contribution in [0.15, 0.2) is 18.5 Å². The molecule has 0 atom stereocenters. The van der Waals surface area contributed by atoms with Crippen molar-refractivity contribution >= 4 is 22.2 Å². The number of rotatable bonds is 4. The van der Waals surface area contributed by atoms with Crippen molar-refractivity contribution in [2.45, 2.75) is 18.9 Å². The Bertz CT molecular complexity index is 617. The Kier molecular flexibility index (Phi) is 3.44. The zero-order valence-corrected chi connectivity index (χ0v) is 12.6. The van der Waals surface area contributed by atoms with Gasteiger partial charge in [0.05, 0.1) is 5.56 Å².